The highest BCUT2D eigenvalue weighted by Gasteiger charge is 2.19. The maximum Gasteiger partial charge on any atom is 0.241 e. The Hall–Kier alpha value is -1.52. The summed E-state index contributed by atoms with van der Waals surface area (Å²) in [6, 6.07) is 0. The largest absolute Gasteiger partial charge is 0.396 e. The van der Waals surface area contributed by atoms with Crippen LogP contribution >= 0.6 is 0 Å². The molecule has 2 rings (SSSR count). The minimum Gasteiger partial charge on any atom is -0.396 e. The molecule has 20 heavy (non-hydrogen) atoms. The minimum absolute atomic E-state index is 0.0224. The van der Waals surface area contributed by atoms with Crippen LogP contribution in [0.15, 0.2) is 0 Å². The van der Waals surface area contributed by atoms with Gasteiger partial charge in [-0.3, -0.25) is 9.48 Å². The standard InChI is InChI=1S/C15H26N4O/c1-10-4-6-13(7-5-10)8-17-14(20)9-19-12(3)15(16)11(2)18-19/h10,13H,4-9,16H2,1-3H3,(H,17,20). The second-order valence-corrected chi connectivity index (χ2v) is 6.17. The van der Waals surface area contributed by atoms with E-state index in [1.165, 1.54) is 25.7 Å². The topological polar surface area (TPSA) is 72.9 Å². The van der Waals surface area contributed by atoms with Gasteiger partial charge in [0.25, 0.3) is 0 Å². The first-order valence-electron chi connectivity index (χ1n) is 7.53. The molecule has 112 valence electrons. The van der Waals surface area contributed by atoms with Gasteiger partial charge in [-0.25, -0.2) is 0 Å². The fourth-order valence-corrected chi connectivity index (χ4v) is 2.85. The normalized spacial score (nSPS) is 22.8. The van der Waals surface area contributed by atoms with Crippen LogP contribution in [0.2, 0.25) is 0 Å². The third kappa shape index (κ3) is 3.52. The SMILES string of the molecule is Cc1nn(CC(=O)NCC2CCC(C)CC2)c(C)c1N. The summed E-state index contributed by atoms with van der Waals surface area (Å²) in [5.74, 6) is 1.51. The van der Waals surface area contributed by atoms with E-state index in [2.05, 4.69) is 17.3 Å². The number of nitrogens with two attached hydrogens (primary N) is 1. The molecule has 0 spiro atoms. The van der Waals surface area contributed by atoms with Crippen LogP contribution in [-0.4, -0.2) is 22.2 Å². The van der Waals surface area contributed by atoms with Gasteiger partial charge in [0, 0.05) is 6.54 Å². The van der Waals surface area contributed by atoms with E-state index < -0.39 is 0 Å². The van der Waals surface area contributed by atoms with Gasteiger partial charge in [0.15, 0.2) is 0 Å². The molecule has 3 N–H and O–H groups in total. The van der Waals surface area contributed by atoms with Gasteiger partial charge in [0.1, 0.15) is 6.54 Å². The highest BCUT2D eigenvalue weighted by Crippen LogP contribution is 2.27. The molecule has 1 aliphatic rings. The molecule has 0 bridgehead atoms. The molecule has 1 heterocycles. The third-order valence-electron chi connectivity index (χ3n) is 4.45. The Morgan fingerprint density at radius 3 is 2.55 bits per heavy atom. The van der Waals surface area contributed by atoms with Crippen LogP contribution in [0.25, 0.3) is 0 Å². The molecule has 1 aromatic rings. The van der Waals surface area contributed by atoms with Crippen molar-refractivity contribution in [2.24, 2.45) is 11.8 Å². The molecule has 1 fully saturated rings. The summed E-state index contributed by atoms with van der Waals surface area (Å²) in [4.78, 5) is 12.0. The van der Waals surface area contributed by atoms with Crippen LogP contribution in [0, 0.1) is 25.7 Å². The number of carbonyl (C=O) groups excluding carboxylic acids is 1. The number of anilines is 1. The minimum atomic E-state index is 0.0224. The van der Waals surface area contributed by atoms with E-state index in [0.29, 0.717) is 11.6 Å². The summed E-state index contributed by atoms with van der Waals surface area (Å²) in [6.07, 6.45) is 5.03. The Balaban J connectivity index is 1.79. The van der Waals surface area contributed by atoms with E-state index in [9.17, 15) is 4.79 Å². The van der Waals surface area contributed by atoms with Gasteiger partial charge in [-0.1, -0.05) is 19.8 Å². The zero-order valence-electron chi connectivity index (χ0n) is 12.8. The van der Waals surface area contributed by atoms with E-state index in [4.69, 9.17) is 5.73 Å². The number of aryl methyl sites for hydroxylation is 1. The first-order valence-corrected chi connectivity index (χ1v) is 7.53. The number of nitrogens with one attached hydrogen (secondary N) is 1. The molecular formula is C15H26N4O. The molecule has 0 unspecified atom stereocenters. The van der Waals surface area contributed by atoms with E-state index in [0.717, 1.165) is 23.9 Å². The summed E-state index contributed by atoms with van der Waals surface area (Å²) < 4.78 is 1.68. The van der Waals surface area contributed by atoms with Crippen LogP contribution < -0.4 is 11.1 Å². The van der Waals surface area contributed by atoms with Gasteiger partial charge in [0.05, 0.1) is 17.1 Å². The van der Waals surface area contributed by atoms with Crippen LogP contribution in [-0.2, 0) is 11.3 Å². The van der Waals surface area contributed by atoms with Crippen molar-refractivity contribution in [3.63, 3.8) is 0 Å². The molecule has 1 aromatic heterocycles. The van der Waals surface area contributed by atoms with Crippen molar-refractivity contribution in [3.05, 3.63) is 11.4 Å². The maximum absolute atomic E-state index is 12.0. The first-order chi connectivity index (χ1) is 9.47. The van der Waals surface area contributed by atoms with E-state index in [-0.39, 0.29) is 12.5 Å². The quantitative estimate of drug-likeness (QED) is 0.885. The number of nitrogens with zero attached hydrogens (tertiary/aromatic N) is 2. The maximum atomic E-state index is 12.0. The van der Waals surface area contributed by atoms with Crippen LogP contribution in [0.5, 0.6) is 0 Å². The van der Waals surface area contributed by atoms with Gasteiger partial charge < -0.3 is 11.1 Å². The Morgan fingerprint density at radius 2 is 2.00 bits per heavy atom. The predicted molar refractivity (Wildman–Crippen MR) is 80.2 cm³/mol. The monoisotopic (exact) mass is 278 g/mol. The van der Waals surface area contributed by atoms with E-state index in [1.54, 1.807) is 4.68 Å². The predicted octanol–water partition coefficient (Wildman–Crippen LogP) is 2.02. The van der Waals surface area contributed by atoms with Crippen LogP contribution in [0.1, 0.15) is 44.0 Å². The summed E-state index contributed by atoms with van der Waals surface area (Å²) in [7, 11) is 0. The Kier molecular flexibility index (Phi) is 4.68. The molecule has 5 nitrogen and oxygen atoms in total. The summed E-state index contributed by atoms with van der Waals surface area (Å²) >= 11 is 0. The highest BCUT2D eigenvalue weighted by atomic mass is 16.2. The third-order valence-corrected chi connectivity index (χ3v) is 4.45. The highest BCUT2D eigenvalue weighted by molar-refractivity contribution is 5.75. The number of amides is 1. The molecule has 1 saturated carbocycles. The molecule has 0 aromatic carbocycles. The van der Waals surface area contributed by atoms with Crippen molar-refractivity contribution < 1.29 is 4.79 Å². The first kappa shape index (κ1) is 14.9. The van der Waals surface area contributed by atoms with E-state index >= 15 is 0 Å². The number of rotatable bonds is 4. The average Bonchev–Trinajstić information content (AvgIpc) is 2.66. The Labute approximate surface area is 120 Å². The van der Waals surface area contributed by atoms with Crippen molar-refractivity contribution >= 4 is 11.6 Å². The smallest absolute Gasteiger partial charge is 0.241 e. The lowest BCUT2D eigenvalue weighted by atomic mass is 9.83. The molecule has 1 amide bonds. The molecule has 0 atom stereocenters. The fourth-order valence-electron chi connectivity index (χ4n) is 2.85. The molecule has 0 aliphatic heterocycles. The number of aromatic nitrogens is 2. The van der Waals surface area contributed by atoms with Crippen LogP contribution in [0.3, 0.4) is 0 Å². The Morgan fingerprint density at radius 1 is 1.35 bits per heavy atom. The van der Waals surface area contributed by atoms with Crippen molar-refractivity contribution in [2.75, 3.05) is 12.3 Å². The molecule has 0 saturated heterocycles. The molecule has 1 aliphatic carbocycles. The average molecular weight is 278 g/mol. The van der Waals surface area contributed by atoms with Crippen LogP contribution in [0.4, 0.5) is 5.69 Å². The van der Waals surface area contributed by atoms with Crippen molar-refractivity contribution in [3.8, 4) is 0 Å². The number of carbonyl (C=O) groups is 1. The second kappa shape index (κ2) is 6.29. The number of hydrogen-bond acceptors (Lipinski definition) is 3. The molecular weight excluding hydrogens is 252 g/mol. The summed E-state index contributed by atoms with van der Waals surface area (Å²) in [5, 5.41) is 7.32. The van der Waals surface area contributed by atoms with Gasteiger partial charge in [0.2, 0.25) is 5.91 Å². The summed E-state index contributed by atoms with van der Waals surface area (Å²) in [6.45, 7) is 7.11. The number of nitrogen functional groups attached to an aromatic ring is 1. The van der Waals surface area contributed by atoms with Crippen molar-refractivity contribution in [2.45, 2.75) is 53.0 Å². The lowest BCUT2D eigenvalue weighted by molar-refractivity contribution is -0.122. The lowest BCUT2D eigenvalue weighted by Gasteiger charge is -2.26. The van der Waals surface area contributed by atoms with Gasteiger partial charge in [-0.05, 0) is 38.5 Å². The molecule has 0 radical (unpaired) electrons. The Bertz CT molecular complexity index is 472. The van der Waals surface area contributed by atoms with Crippen molar-refractivity contribution in [1.29, 1.82) is 0 Å². The lowest BCUT2D eigenvalue weighted by Crippen LogP contribution is -2.33. The van der Waals surface area contributed by atoms with Crippen molar-refractivity contribution in [1.82, 2.24) is 15.1 Å². The summed E-state index contributed by atoms with van der Waals surface area (Å²) in [5.41, 5.74) is 8.20. The fraction of sp³-hybridized carbons (Fsp3) is 0.733. The van der Waals surface area contributed by atoms with Gasteiger partial charge >= 0.3 is 0 Å². The van der Waals surface area contributed by atoms with Gasteiger partial charge in [-0.2, -0.15) is 5.10 Å². The second-order valence-electron chi connectivity index (χ2n) is 6.17. The zero-order chi connectivity index (χ0) is 14.7. The van der Waals surface area contributed by atoms with E-state index in [1.807, 2.05) is 13.8 Å². The molecule has 5 heteroatoms. The number of hydrogen-bond donors (Lipinski definition) is 2. The van der Waals surface area contributed by atoms with Gasteiger partial charge in [-0.15, -0.1) is 0 Å². The zero-order valence-corrected chi connectivity index (χ0v) is 12.8.